The van der Waals surface area contributed by atoms with Gasteiger partial charge in [0.25, 0.3) is 0 Å². The molecule has 2 aromatic heterocycles. The van der Waals surface area contributed by atoms with Gasteiger partial charge < -0.3 is 39.6 Å². The number of nitrogens with one attached hydrogen (secondary N) is 2. The standard InChI is InChI=1S/C48H54F4N8O6S/c1-46(2,3)42(44(64)59-22-12-15-37(59)43(63)56-26-31-13-8-7-9-14-31)57-38(62)29-65-23-10-11-24-66-39-21-17-33(27-55-39)35-19-18-34(28-54-35)60(47(4,5)30-61)45(67)58(6)36-20-16-32(25-53)40(41(36)49)48(50,51)52/h7-9,13-14,16-21,27-28,30,37,42H,10-12,15,22-24,26,29H2,1-6H3,(H,56,63)(H,57,62)/t37-,42?/m0/s1. The number of aromatic nitrogens is 2. The van der Waals surface area contributed by atoms with Crippen LogP contribution in [0, 0.1) is 22.6 Å². The average molecular weight is 947 g/mol. The van der Waals surface area contributed by atoms with Crippen molar-refractivity contribution in [3.8, 4) is 23.2 Å². The molecule has 3 amide bonds. The molecule has 0 bridgehead atoms. The van der Waals surface area contributed by atoms with Crippen LogP contribution < -0.4 is 25.2 Å². The summed E-state index contributed by atoms with van der Waals surface area (Å²) in [5, 5.41) is 14.7. The maximum Gasteiger partial charge on any atom is 0.420 e. The van der Waals surface area contributed by atoms with Gasteiger partial charge in [-0.25, -0.2) is 9.37 Å². The van der Waals surface area contributed by atoms with Crippen molar-refractivity contribution in [2.45, 2.75) is 90.6 Å². The summed E-state index contributed by atoms with van der Waals surface area (Å²) in [5.74, 6) is -2.31. The van der Waals surface area contributed by atoms with Crippen LogP contribution in [0.3, 0.4) is 0 Å². The Balaban J connectivity index is 1.09. The number of halogens is 4. The topological polar surface area (TPSA) is 170 Å². The number of anilines is 2. The number of nitriles is 1. The molecular formula is C48H54F4N8O6S. The molecule has 356 valence electrons. The zero-order valence-corrected chi connectivity index (χ0v) is 39.0. The maximum absolute atomic E-state index is 15.4. The lowest BCUT2D eigenvalue weighted by atomic mass is 9.85. The second kappa shape index (κ2) is 22.3. The van der Waals surface area contributed by atoms with E-state index in [0.717, 1.165) is 22.6 Å². The third-order valence-electron chi connectivity index (χ3n) is 11.0. The summed E-state index contributed by atoms with van der Waals surface area (Å²) in [6.45, 7) is 9.73. The monoisotopic (exact) mass is 946 g/mol. The number of amides is 3. The van der Waals surface area contributed by atoms with E-state index in [1.54, 1.807) is 35.4 Å². The molecule has 1 fully saturated rings. The lowest BCUT2D eigenvalue weighted by molar-refractivity contribution is -0.144. The third-order valence-corrected chi connectivity index (χ3v) is 11.5. The number of rotatable bonds is 18. The van der Waals surface area contributed by atoms with Crippen LogP contribution in [0.4, 0.5) is 28.9 Å². The lowest BCUT2D eigenvalue weighted by Crippen LogP contribution is -2.58. The van der Waals surface area contributed by atoms with Gasteiger partial charge in [-0.2, -0.15) is 18.4 Å². The number of thiocarbonyl (C=S) groups is 1. The first-order valence-electron chi connectivity index (χ1n) is 21.6. The van der Waals surface area contributed by atoms with Crippen molar-refractivity contribution in [2.24, 2.45) is 5.41 Å². The number of pyridine rings is 2. The van der Waals surface area contributed by atoms with E-state index in [2.05, 4.69) is 20.6 Å². The highest BCUT2D eigenvalue weighted by Gasteiger charge is 2.42. The van der Waals surface area contributed by atoms with Gasteiger partial charge in [0.15, 0.2) is 10.9 Å². The maximum atomic E-state index is 15.4. The first-order chi connectivity index (χ1) is 31.7. The highest BCUT2D eigenvalue weighted by molar-refractivity contribution is 7.80. The fourth-order valence-corrected chi connectivity index (χ4v) is 7.81. The summed E-state index contributed by atoms with van der Waals surface area (Å²) in [6, 6.07) is 17.9. The van der Waals surface area contributed by atoms with Gasteiger partial charge in [-0.05, 0) is 93.1 Å². The second-order valence-electron chi connectivity index (χ2n) is 17.5. The van der Waals surface area contributed by atoms with E-state index in [1.807, 2.05) is 51.1 Å². The number of unbranched alkanes of at least 4 members (excludes halogenated alkanes) is 1. The van der Waals surface area contributed by atoms with Gasteiger partial charge >= 0.3 is 6.18 Å². The Labute approximate surface area is 392 Å². The molecular weight excluding hydrogens is 893 g/mol. The van der Waals surface area contributed by atoms with Crippen LogP contribution >= 0.6 is 12.2 Å². The number of likely N-dealkylation sites (tertiary alicyclic amines) is 1. The molecule has 2 N–H and O–H groups in total. The zero-order valence-electron chi connectivity index (χ0n) is 38.2. The van der Waals surface area contributed by atoms with Gasteiger partial charge in [-0.1, -0.05) is 51.1 Å². The molecule has 67 heavy (non-hydrogen) atoms. The molecule has 0 radical (unpaired) electrons. The Morgan fingerprint density at radius 3 is 2.31 bits per heavy atom. The molecule has 0 aliphatic carbocycles. The van der Waals surface area contributed by atoms with Crippen molar-refractivity contribution >= 4 is 52.7 Å². The minimum atomic E-state index is -5.15. The Morgan fingerprint density at radius 1 is 0.985 bits per heavy atom. The summed E-state index contributed by atoms with van der Waals surface area (Å²) in [4.78, 5) is 64.9. The number of nitrogens with zero attached hydrogens (tertiary/aromatic N) is 6. The number of hydrogen-bond donors (Lipinski definition) is 2. The number of benzene rings is 2. The van der Waals surface area contributed by atoms with Gasteiger partial charge in [-0.15, -0.1) is 0 Å². The van der Waals surface area contributed by atoms with Crippen molar-refractivity contribution in [3.63, 3.8) is 0 Å². The minimum Gasteiger partial charge on any atom is -0.478 e. The Morgan fingerprint density at radius 2 is 1.70 bits per heavy atom. The average Bonchev–Trinajstić information content (AvgIpc) is 3.80. The van der Waals surface area contributed by atoms with Crippen molar-refractivity contribution < 1.29 is 46.2 Å². The predicted molar refractivity (Wildman–Crippen MR) is 247 cm³/mol. The van der Waals surface area contributed by atoms with Crippen LogP contribution in [-0.4, -0.2) is 95.0 Å². The van der Waals surface area contributed by atoms with E-state index < -0.39 is 57.8 Å². The van der Waals surface area contributed by atoms with Crippen molar-refractivity contribution in [2.75, 3.05) is 43.2 Å². The van der Waals surface area contributed by atoms with Crippen molar-refractivity contribution in [1.29, 1.82) is 5.26 Å². The molecule has 2 aromatic carbocycles. The number of alkyl halides is 3. The number of aldehydes is 1. The fourth-order valence-electron chi connectivity index (χ4n) is 7.37. The molecule has 3 heterocycles. The fraction of sp³-hybridized carbons (Fsp3) is 0.417. The number of hydrogen-bond acceptors (Lipinski definition) is 10. The van der Waals surface area contributed by atoms with E-state index >= 15 is 4.39 Å². The highest BCUT2D eigenvalue weighted by Crippen LogP contribution is 2.38. The molecule has 1 unspecified atom stereocenters. The predicted octanol–water partition coefficient (Wildman–Crippen LogP) is 7.39. The van der Waals surface area contributed by atoms with Gasteiger partial charge in [0.1, 0.15) is 30.5 Å². The van der Waals surface area contributed by atoms with Gasteiger partial charge in [0.2, 0.25) is 23.6 Å². The number of carbonyl (C=O) groups is 4. The van der Waals surface area contributed by atoms with Crippen molar-refractivity contribution in [1.82, 2.24) is 25.5 Å². The SMILES string of the molecule is CN(C(=S)N(c1ccc(-c2ccc(OCCCCOCC(=O)NC(C(=O)N3CCC[C@H]3C(=O)NCc3ccccc3)C(C)(C)C)nc2)nc1)C(C)(C)C=O)c1ccc(C#N)c(C(F)(F)F)c1F. The lowest BCUT2D eigenvalue weighted by Gasteiger charge is -2.39. The van der Waals surface area contributed by atoms with Gasteiger partial charge in [0.05, 0.1) is 47.0 Å². The minimum absolute atomic E-state index is 0.211. The van der Waals surface area contributed by atoms with Crippen LogP contribution in [0.5, 0.6) is 5.88 Å². The number of ether oxygens (including phenoxy) is 2. The molecule has 5 rings (SSSR count). The molecule has 19 heteroatoms. The summed E-state index contributed by atoms with van der Waals surface area (Å²) in [7, 11) is 1.26. The van der Waals surface area contributed by atoms with Crippen LogP contribution in [-0.2, 0) is 36.6 Å². The molecule has 4 aromatic rings. The normalized spacial score (nSPS) is 14.4. The van der Waals surface area contributed by atoms with Gasteiger partial charge in [0, 0.05) is 44.6 Å². The molecule has 1 saturated heterocycles. The molecule has 14 nitrogen and oxygen atoms in total. The molecule has 2 atom stereocenters. The first-order valence-corrected chi connectivity index (χ1v) is 22.0. The van der Waals surface area contributed by atoms with Crippen LogP contribution in [0.25, 0.3) is 11.3 Å². The van der Waals surface area contributed by atoms with Crippen LogP contribution in [0.1, 0.15) is 77.0 Å². The molecule has 0 spiro atoms. The van der Waals surface area contributed by atoms with E-state index in [0.29, 0.717) is 68.8 Å². The van der Waals surface area contributed by atoms with E-state index in [-0.39, 0.29) is 35.8 Å². The Hall–Kier alpha value is -6.52. The molecule has 1 aliphatic heterocycles. The summed E-state index contributed by atoms with van der Waals surface area (Å²) >= 11 is 5.61. The zero-order chi connectivity index (χ0) is 49.1. The summed E-state index contributed by atoms with van der Waals surface area (Å²) in [6.07, 6.45) is 0.787. The quantitative estimate of drug-likeness (QED) is 0.0440. The Bertz CT molecular complexity index is 2430. The first kappa shape index (κ1) is 51.5. The molecule has 1 aliphatic rings. The third kappa shape index (κ3) is 13.1. The van der Waals surface area contributed by atoms with E-state index in [1.165, 1.54) is 38.1 Å². The second-order valence-corrected chi connectivity index (χ2v) is 17.9. The van der Waals surface area contributed by atoms with Gasteiger partial charge in [-0.3, -0.25) is 19.4 Å². The highest BCUT2D eigenvalue weighted by atomic mass is 32.1. The van der Waals surface area contributed by atoms with Crippen LogP contribution in [0.15, 0.2) is 79.1 Å². The number of carbonyl (C=O) groups excluding carboxylic acids is 4. The summed E-state index contributed by atoms with van der Waals surface area (Å²) < 4.78 is 68.0. The van der Waals surface area contributed by atoms with Crippen LogP contribution in [0.2, 0.25) is 0 Å². The van der Waals surface area contributed by atoms with Crippen molar-refractivity contribution in [3.05, 3.63) is 102 Å². The van der Waals surface area contributed by atoms with E-state index in [9.17, 15) is 37.6 Å². The Kier molecular flexibility index (Phi) is 17.1. The largest absolute Gasteiger partial charge is 0.478 e. The molecule has 0 saturated carbocycles. The van der Waals surface area contributed by atoms with E-state index in [4.69, 9.17) is 21.7 Å². The smallest absolute Gasteiger partial charge is 0.420 e. The summed E-state index contributed by atoms with van der Waals surface area (Å²) in [5.41, 5.74) is -2.79.